The van der Waals surface area contributed by atoms with Gasteiger partial charge in [0.2, 0.25) is 11.8 Å². The Balaban J connectivity index is 2.41. The lowest BCUT2D eigenvalue weighted by molar-refractivity contribution is -0.129. The Morgan fingerprint density at radius 1 is 1.11 bits per heavy atom. The second-order valence-corrected chi connectivity index (χ2v) is 4.33. The Morgan fingerprint density at radius 2 is 1.67 bits per heavy atom. The molecule has 1 heterocycles. The molecule has 1 aliphatic heterocycles. The summed E-state index contributed by atoms with van der Waals surface area (Å²) < 4.78 is 0. The van der Waals surface area contributed by atoms with E-state index in [1.54, 1.807) is 0 Å². The highest BCUT2D eigenvalue weighted by Gasteiger charge is 2.11. The van der Waals surface area contributed by atoms with Gasteiger partial charge in [0, 0.05) is 26.1 Å². The second kappa shape index (κ2) is 8.48. The van der Waals surface area contributed by atoms with Crippen molar-refractivity contribution >= 4 is 11.8 Å². The van der Waals surface area contributed by atoms with Gasteiger partial charge in [-0.25, -0.2) is 0 Å². The zero-order chi connectivity index (χ0) is 13.2. The third kappa shape index (κ3) is 6.21. The fourth-order valence-corrected chi connectivity index (χ4v) is 1.88. The first-order valence-electron chi connectivity index (χ1n) is 6.35. The maximum atomic E-state index is 11.3. The number of nitrogens with one attached hydrogen (secondary N) is 2. The molecule has 0 aromatic carbocycles. The van der Waals surface area contributed by atoms with Crippen LogP contribution in [-0.4, -0.2) is 49.4 Å². The average Bonchev–Trinajstić information content (AvgIpc) is 2.34. The molecule has 2 N–H and O–H groups in total. The first kappa shape index (κ1) is 14.5. The van der Waals surface area contributed by atoms with Gasteiger partial charge < -0.3 is 15.5 Å². The van der Waals surface area contributed by atoms with E-state index in [0.717, 1.165) is 32.5 Å². The van der Waals surface area contributed by atoms with Crippen LogP contribution >= 0.6 is 0 Å². The Hall–Kier alpha value is -1.61. The highest BCUT2D eigenvalue weighted by atomic mass is 16.2. The van der Waals surface area contributed by atoms with Gasteiger partial charge in [0.15, 0.2) is 0 Å². The van der Waals surface area contributed by atoms with Crippen LogP contribution in [0, 0.1) is 11.3 Å². The van der Waals surface area contributed by atoms with E-state index in [-0.39, 0.29) is 18.2 Å². The van der Waals surface area contributed by atoms with Gasteiger partial charge in [-0.1, -0.05) is 0 Å². The molecule has 1 rings (SSSR count). The van der Waals surface area contributed by atoms with Crippen molar-refractivity contribution in [1.82, 2.24) is 15.5 Å². The van der Waals surface area contributed by atoms with Gasteiger partial charge >= 0.3 is 0 Å². The van der Waals surface area contributed by atoms with Gasteiger partial charge in [-0.3, -0.25) is 9.59 Å². The predicted molar refractivity (Wildman–Crippen MR) is 66.5 cm³/mol. The molecule has 18 heavy (non-hydrogen) atoms. The normalized spacial score (nSPS) is 19.9. The Morgan fingerprint density at radius 3 is 2.17 bits per heavy atom. The van der Waals surface area contributed by atoms with E-state index in [9.17, 15) is 9.59 Å². The summed E-state index contributed by atoms with van der Waals surface area (Å²) in [5.74, 6) is -0.451. The van der Waals surface area contributed by atoms with Crippen LogP contribution in [-0.2, 0) is 9.59 Å². The number of hydrogen-bond donors (Lipinski definition) is 2. The minimum absolute atomic E-state index is 0.0852. The standard InChI is InChI=1S/C12H20N4O2/c13-4-1-7-16-8-2-5-14-11(17)10-12(18)15-6-3-9-16/h1-3,5-10H2,(H,14,17)(H,15,18). The largest absolute Gasteiger partial charge is 0.356 e. The first-order chi connectivity index (χ1) is 8.72. The number of carbonyl (C=O) groups excluding carboxylic acids is 2. The molecule has 0 radical (unpaired) electrons. The van der Waals surface area contributed by atoms with Crippen LogP contribution in [0.15, 0.2) is 0 Å². The summed E-state index contributed by atoms with van der Waals surface area (Å²) >= 11 is 0. The molecular formula is C12H20N4O2. The van der Waals surface area contributed by atoms with Crippen molar-refractivity contribution in [1.29, 1.82) is 5.26 Å². The van der Waals surface area contributed by atoms with Crippen LogP contribution in [0.2, 0.25) is 0 Å². The summed E-state index contributed by atoms with van der Waals surface area (Å²) in [6.45, 7) is 3.65. The molecular weight excluding hydrogens is 232 g/mol. The molecule has 100 valence electrons. The molecule has 0 unspecified atom stereocenters. The molecule has 0 aromatic heterocycles. The van der Waals surface area contributed by atoms with Crippen LogP contribution in [0.1, 0.15) is 25.7 Å². The van der Waals surface area contributed by atoms with Crippen LogP contribution in [0.25, 0.3) is 0 Å². The van der Waals surface area contributed by atoms with Crippen molar-refractivity contribution in [2.24, 2.45) is 0 Å². The fourth-order valence-electron chi connectivity index (χ4n) is 1.88. The molecule has 0 aromatic rings. The molecule has 0 atom stereocenters. The van der Waals surface area contributed by atoms with Crippen LogP contribution in [0.5, 0.6) is 0 Å². The van der Waals surface area contributed by atoms with Crippen molar-refractivity contribution in [3.63, 3.8) is 0 Å². The van der Waals surface area contributed by atoms with E-state index in [1.807, 2.05) is 0 Å². The van der Waals surface area contributed by atoms with Crippen LogP contribution in [0.4, 0.5) is 0 Å². The molecule has 0 saturated carbocycles. The van der Waals surface area contributed by atoms with Gasteiger partial charge in [0.25, 0.3) is 0 Å². The van der Waals surface area contributed by atoms with Crippen molar-refractivity contribution in [2.45, 2.75) is 25.7 Å². The molecule has 0 aliphatic carbocycles. The summed E-state index contributed by atoms with van der Waals surface area (Å²) in [4.78, 5) is 24.9. The SMILES string of the molecule is N#CCCN1CCCNC(=O)CC(=O)NCCC1. The third-order valence-corrected chi connectivity index (χ3v) is 2.81. The minimum Gasteiger partial charge on any atom is -0.356 e. The Labute approximate surface area is 107 Å². The summed E-state index contributed by atoms with van der Waals surface area (Å²) in [5, 5.41) is 14.0. The van der Waals surface area contributed by atoms with Crippen LogP contribution in [0.3, 0.4) is 0 Å². The van der Waals surface area contributed by atoms with Crippen molar-refractivity contribution in [2.75, 3.05) is 32.7 Å². The smallest absolute Gasteiger partial charge is 0.229 e. The van der Waals surface area contributed by atoms with E-state index in [1.165, 1.54) is 0 Å². The zero-order valence-corrected chi connectivity index (χ0v) is 10.6. The maximum absolute atomic E-state index is 11.3. The Kier molecular flexibility index (Phi) is 6.81. The van der Waals surface area contributed by atoms with E-state index < -0.39 is 0 Å². The first-order valence-corrected chi connectivity index (χ1v) is 6.35. The van der Waals surface area contributed by atoms with Crippen molar-refractivity contribution in [3.05, 3.63) is 0 Å². The summed E-state index contributed by atoms with van der Waals surface area (Å²) in [6.07, 6.45) is 2.12. The lowest BCUT2D eigenvalue weighted by atomic mass is 10.2. The molecule has 0 spiro atoms. The van der Waals surface area contributed by atoms with Gasteiger partial charge in [0.1, 0.15) is 6.42 Å². The summed E-state index contributed by atoms with van der Waals surface area (Å²) in [5.41, 5.74) is 0. The predicted octanol–water partition coefficient (Wildman–Crippen LogP) is -0.382. The zero-order valence-electron chi connectivity index (χ0n) is 10.6. The van der Waals surface area contributed by atoms with Crippen LogP contribution < -0.4 is 10.6 Å². The van der Waals surface area contributed by atoms with Crippen molar-refractivity contribution < 1.29 is 9.59 Å². The minimum atomic E-state index is -0.225. The quantitative estimate of drug-likeness (QED) is 0.656. The number of nitrogens with zero attached hydrogens (tertiary/aromatic N) is 2. The molecule has 0 bridgehead atoms. The monoisotopic (exact) mass is 252 g/mol. The van der Waals surface area contributed by atoms with Crippen molar-refractivity contribution in [3.8, 4) is 6.07 Å². The number of nitriles is 1. The van der Waals surface area contributed by atoms with Gasteiger partial charge in [-0.2, -0.15) is 5.26 Å². The highest BCUT2D eigenvalue weighted by Crippen LogP contribution is 1.97. The Bertz CT molecular complexity index is 303. The topological polar surface area (TPSA) is 85.2 Å². The second-order valence-electron chi connectivity index (χ2n) is 4.33. The number of rotatable bonds is 2. The lowest BCUT2D eigenvalue weighted by Gasteiger charge is -2.21. The lowest BCUT2D eigenvalue weighted by Crippen LogP contribution is -2.37. The van der Waals surface area contributed by atoms with Gasteiger partial charge in [0.05, 0.1) is 6.07 Å². The summed E-state index contributed by atoms with van der Waals surface area (Å²) in [7, 11) is 0. The third-order valence-electron chi connectivity index (χ3n) is 2.81. The highest BCUT2D eigenvalue weighted by molar-refractivity contribution is 5.96. The van der Waals surface area contributed by atoms with Gasteiger partial charge in [-0.05, 0) is 25.9 Å². The van der Waals surface area contributed by atoms with E-state index >= 15 is 0 Å². The molecule has 1 aliphatic rings. The molecule has 6 nitrogen and oxygen atoms in total. The molecule has 1 fully saturated rings. The van der Waals surface area contributed by atoms with E-state index in [4.69, 9.17) is 5.26 Å². The fraction of sp³-hybridized carbons (Fsp3) is 0.750. The van der Waals surface area contributed by atoms with E-state index in [2.05, 4.69) is 21.6 Å². The maximum Gasteiger partial charge on any atom is 0.229 e. The number of hydrogen-bond acceptors (Lipinski definition) is 4. The number of carbonyl (C=O) groups is 2. The molecule has 1 saturated heterocycles. The average molecular weight is 252 g/mol. The number of amides is 2. The molecule has 2 amide bonds. The molecule has 6 heteroatoms. The van der Waals surface area contributed by atoms with Gasteiger partial charge in [-0.15, -0.1) is 0 Å². The van der Waals surface area contributed by atoms with E-state index in [0.29, 0.717) is 19.5 Å². The summed E-state index contributed by atoms with van der Waals surface area (Å²) in [6, 6.07) is 2.13.